The van der Waals surface area contributed by atoms with E-state index in [0.717, 1.165) is 11.6 Å². The van der Waals surface area contributed by atoms with E-state index in [-0.39, 0.29) is 0 Å². The first-order valence-corrected chi connectivity index (χ1v) is 5.54. The van der Waals surface area contributed by atoms with Crippen LogP contribution in [0, 0.1) is 0 Å². The van der Waals surface area contributed by atoms with Crippen LogP contribution in [0.25, 0.3) is 0 Å². The van der Waals surface area contributed by atoms with E-state index in [2.05, 4.69) is 0 Å². The van der Waals surface area contributed by atoms with E-state index in [0.29, 0.717) is 16.0 Å². The highest BCUT2D eigenvalue weighted by molar-refractivity contribution is 7.91. The minimum absolute atomic E-state index is 0.421. The number of thiazole rings is 1. The Labute approximate surface area is 72.1 Å². The molecule has 2 N–H and O–H groups in total. The van der Waals surface area contributed by atoms with Crippen LogP contribution in [0.1, 0.15) is 0 Å². The third-order valence-corrected chi connectivity index (χ3v) is 2.16. The molecule has 0 amide bonds. The SMILES string of the molecule is CS(=O)(=O)Nn1c(O)csc1=O. The van der Waals surface area contributed by atoms with Crippen molar-refractivity contribution in [3.8, 4) is 5.88 Å². The molecule has 0 aliphatic rings. The van der Waals surface area contributed by atoms with Crippen LogP contribution in [0.2, 0.25) is 0 Å². The Morgan fingerprint density at radius 3 is 2.58 bits per heavy atom. The van der Waals surface area contributed by atoms with Gasteiger partial charge in [-0.2, -0.15) is 4.68 Å². The van der Waals surface area contributed by atoms with Crippen molar-refractivity contribution < 1.29 is 13.5 Å². The molecule has 0 radical (unpaired) electrons. The maximum Gasteiger partial charge on any atom is 0.329 e. The first kappa shape index (κ1) is 9.07. The second-order valence-electron chi connectivity index (χ2n) is 2.06. The quantitative estimate of drug-likeness (QED) is 0.663. The molecule has 0 saturated heterocycles. The minimum atomic E-state index is -3.53. The Balaban J connectivity index is 3.13. The van der Waals surface area contributed by atoms with Crippen LogP contribution in [0.15, 0.2) is 10.2 Å². The second kappa shape index (κ2) is 2.79. The molecule has 8 heteroatoms. The molecule has 0 atom stereocenters. The van der Waals surface area contributed by atoms with Crippen LogP contribution in [0.4, 0.5) is 0 Å². The molecule has 1 rings (SSSR count). The van der Waals surface area contributed by atoms with Gasteiger partial charge in [0, 0.05) is 0 Å². The van der Waals surface area contributed by atoms with Gasteiger partial charge in [0.25, 0.3) is 0 Å². The average molecular weight is 210 g/mol. The summed E-state index contributed by atoms with van der Waals surface area (Å²) in [4.78, 5) is 12.1. The summed E-state index contributed by atoms with van der Waals surface area (Å²) in [6, 6.07) is 0. The Bertz CT molecular complexity index is 428. The normalized spacial score (nSPS) is 11.4. The van der Waals surface area contributed by atoms with E-state index in [1.807, 2.05) is 4.83 Å². The molecule has 1 aromatic rings. The van der Waals surface area contributed by atoms with Crippen LogP contribution in [0.5, 0.6) is 5.88 Å². The van der Waals surface area contributed by atoms with E-state index in [1.165, 1.54) is 0 Å². The molecule has 1 heterocycles. The number of rotatable bonds is 2. The number of hydrogen-bond donors (Lipinski definition) is 2. The van der Waals surface area contributed by atoms with Gasteiger partial charge in [0.15, 0.2) is 0 Å². The molecular formula is C4H6N2O4S2. The molecule has 0 unspecified atom stereocenters. The molecule has 1 aromatic heterocycles. The molecule has 0 bridgehead atoms. The fourth-order valence-corrected chi connectivity index (χ4v) is 1.67. The lowest BCUT2D eigenvalue weighted by atomic mass is 10.9. The first-order valence-electron chi connectivity index (χ1n) is 2.77. The van der Waals surface area contributed by atoms with Gasteiger partial charge in [-0.3, -0.25) is 4.79 Å². The van der Waals surface area contributed by atoms with E-state index < -0.39 is 20.8 Å². The summed E-state index contributed by atoms with van der Waals surface area (Å²) in [7, 11) is -3.53. The van der Waals surface area contributed by atoms with Crippen molar-refractivity contribution in [2.45, 2.75) is 0 Å². The summed E-state index contributed by atoms with van der Waals surface area (Å²) in [5, 5.41) is 10.1. The summed E-state index contributed by atoms with van der Waals surface area (Å²) < 4.78 is 21.8. The molecule has 0 fully saturated rings. The van der Waals surface area contributed by atoms with Crippen LogP contribution in [0.3, 0.4) is 0 Å². The zero-order chi connectivity index (χ0) is 9.35. The Kier molecular flexibility index (Phi) is 2.11. The monoisotopic (exact) mass is 210 g/mol. The summed E-state index contributed by atoms with van der Waals surface area (Å²) in [5.74, 6) is -0.421. The van der Waals surface area contributed by atoms with Gasteiger partial charge in [0.1, 0.15) is 0 Å². The fourth-order valence-electron chi connectivity index (χ4n) is 0.552. The number of hydrogen-bond acceptors (Lipinski definition) is 5. The molecule has 0 aromatic carbocycles. The largest absolute Gasteiger partial charge is 0.493 e. The highest BCUT2D eigenvalue weighted by atomic mass is 32.2. The van der Waals surface area contributed by atoms with E-state index in [9.17, 15) is 13.2 Å². The van der Waals surface area contributed by atoms with Gasteiger partial charge in [-0.25, -0.2) is 13.2 Å². The van der Waals surface area contributed by atoms with Gasteiger partial charge in [-0.05, 0) is 0 Å². The Morgan fingerprint density at radius 1 is 1.67 bits per heavy atom. The van der Waals surface area contributed by atoms with Gasteiger partial charge in [0.2, 0.25) is 15.9 Å². The number of nitrogens with zero attached hydrogens (tertiary/aromatic N) is 1. The van der Waals surface area contributed by atoms with Gasteiger partial charge < -0.3 is 5.11 Å². The summed E-state index contributed by atoms with van der Waals surface area (Å²) in [6.07, 6.45) is 0.885. The molecule has 0 spiro atoms. The van der Waals surface area contributed by atoms with Crippen LogP contribution >= 0.6 is 11.3 Å². The minimum Gasteiger partial charge on any atom is -0.493 e. The van der Waals surface area contributed by atoms with Crippen molar-refractivity contribution in [1.82, 2.24) is 4.68 Å². The molecule has 12 heavy (non-hydrogen) atoms. The molecule has 0 aliphatic heterocycles. The van der Waals surface area contributed by atoms with Crippen molar-refractivity contribution in [2.75, 3.05) is 11.1 Å². The predicted octanol–water partition coefficient (Wildman–Crippen LogP) is -0.882. The van der Waals surface area contributed by atoms with Crippen molar-refractivity contribution in [3.05, 3.63) is 15.0 Å². The van der Waals surface area contributed by atoms with Crippen LogP contribution in [-0.2, 0) is 10.0 Å². The molecule has 0 saturated carbocycles. The van der Waals surface area contributed by atoms with Crippen molar-refractivity contribution in [1.29, 1.82) is 0 Å². The van der Waals surface area contributed by atoms with Crippen molar-refractivity contribution >= 4 is 21.4 Å². The van der Waals surface area contributed by atoms with Crippen molar-refractivity contribution in [2.24, 2.45) is 0 Å². The molecule has 6 nitrogen and oxygen atoms in total. The average Bonchev–Trinajstić information content (AvgIpc) is 2.16. The van der Waals surface area contributed by atoms with Gasteiger partial charge in [0.05, 0.1) is 11.6 Å². The van der Waals surface area contributed by atoms with Gasteiger partial charge >= 0.3 is 4.87 Å². The van der Waals surface area contributed by atoms with E-state index in [4.69, 9.17) is 5.11 Å². The zero-order valence-electron chi connectivity index (χ0n) is 6.01. The topological polar surface area (TPSA) is 88.4 Å². The van der Waals surface area contributed by atoms with Crippen molar-refractivity contribution in [3.63, 3.8) is 0 Å². The lowest BCUT2D eigenvalue weighted by Gasteiger charge is -2.02. The summed E-state index contributed by atoms with van der Waals surface area (Å²) >= 11 is 0.702. The Hall–Kier alpha value is -1.02. The molecular weight excluding hydrogens is 204 g/mol. The fraction of sp³-hybridized carbons (Fsp3) is 0.250. The lowest BCUT2D eigenvalue weighted by Crippen LogP contribution is -2.28. The van der Waals surface area contributed by atoms with E-state index >= 15 is 0 Å². The third-order valence-electron chi connectivity index (χ3n) is 0.934. The summed E-state index contributed by atoms with van der Waals surface area (Å²) in [5.41, 5.74) is 0. The van der Waals surface area contributed by atoms with Gasteiger partial charge in [-0.1, -0.05) is 11.3 Å². The standard InChI is InChI=1S/C4H6N2O4S2/c1-12(9,10)5-6-3(7)2-11-4(6)8/h2,5,7H,1H3. The Morgan fingerprint density at radius 2 is 2.25 bits per heavy atom. The second-order valence-corrected chi connectivity index (χ2v) is 4.61. The zero-order valence-corrected chi connectivity index (χ0v) is 7.65. The van der Waals surface area contributed by atoms with Crippen LogP contribution in [-0.4, -0.2) is 24.5 Å². The maximum absolute atomic E-state index is 10.8. The van der Waals surface area contributed by atoms with E-state index in [1.54, 1.807) is 0 Å². The van der Waals surface area contributed by atoms with Gasteiger partial charge in [-0.15, -0.1) is 0 Å². The maximum atomic E-state index is 10.8. The third kappa shape index (κ3) is 1.98. The smallest absolute Gasteiger partial charge is 0.329 e. The number of sulfonamides is 1. The summed E-state index contributed by atoms with van der Waals surface area (Å²) in [6.45, 7) is 0. The number of aromatic hydroxyl groups is 1. The predicted molar refractivity (Wildman–Crippen MR) is 44.4 cm³/mol. The number of nitrogens with one attached hydrogen (secondary N) is 1. The highest BCUT2D eigenvalue weighted by Crippen LogP contribution is 2.06. The molecule has 0 aliphatic carbocycles. The lowest BCUT2D eigenvalue weighted by molar-refractivity contribution is 0.434. The van der Waals surface area contributed by atoms with Crippen LogP contribution < -0.4 is 9.70 Å². The highest BCUT2D eigenvalue weighted by Gasteiger charge is 2.08. The number of aromatic nitrogens is 1. The first-order chi connectivity index (χ1) is 5.40. The molecule has 68 valence electrons.